The van der Waals surface area contributed by atoms with Crippen LogP contribution in [0, 0.1) is 43.3 Å². The molecule has 0 saturated heterocycles. The van der Waals surface area contributed by atoms with E-state index >= 15 is 0 Å². The fraction of sp³-hybridized carbons (Fsp3) is 0.944. The van der Waals surface area contributed by atoms with Crippen LogP contribution in [0.2, 0.25) is 0 Å². The molecule has 8 spiro atoms. The zero-order valence-electron chi connectivity index (χ0n) is 48.7. The topological polar surface area (TPSA) is 0 Å². The van der Waals surface area contributed by atoms with E-state index in [2.05, 4.69) is 24.3 Å². The zero-order chi connectivity index (χ0) is 49.3. The summed E-state index contributed by atoms with van der Waals surface area (Å²) in [6, 6.07) is 0. The van der Waals surface area contributed by atoms with Crippen LogP contribution in [-0.2, 0) is 0 Å². The van der Waals surface area contributed by atoms with Crippen LogP contribution >= 0.6 is 0 Å². The van der Waals surface area contributed by atoms with Gasteiger partial charge in [0.25, 0.3) is 0 Å². The maximum Gasteiger partial charge on any atom is -0.0228 e. The van der Waals surface area contributed by atoms with Crippen molar-refractivity contribution in [2.24, 2.45) is 43.3 Å². The Hall–Kier alpha value is -0.520. The zero-order valence-corrected chi connectivity index (χ0v) is 48.7. The highest BCUT2D eigenvalue weighted by atomic mass is 14.5. The molecule has 0 aliphatic heterocycles. The van der Waals surface area contributed by atoms with Crippen molar-refractivity contribution >= 4 is 0 Å². The minimum absolute atomic E-state index is 0.762. The summed E-state index contributed by atoms with van der Waals surface area (Å²) in [5.41, 5.74) is 6.95. The molecule has 0 bridgehead atoms. The third-order valence-corrected chi connectivity index (χ3v) is 25.8. The van der Waals surface area contributed by atoms with Gasteiger partial charge in [0.2, 0.25) is 0 Å². The van der Waals surface area contributed by atoms with Crippen LogP contribution in [0.1, 0.15) is 385 Å². The fourth-order valence-electron chi connectivity index (χ4n) is 19.7. The summed E-state index contributed by atoms with van der Waals surface area (Å²) in [4.78, 5) is 0. The van der Waals surface area contributed by atoms with Gasteiger partial charge >= 0.3 is 0 Å². The van der Waals surface area contributed by atoms with Crippen molar-refractivity contribution in [1.82, 2.24) is 0 Å². The van der Waals surface area contributed by atoms with E-state index in [1.54, 1.807) is 154 Å². The first kappa shape index (κ1) is 56.2. The lowest BCUT2D eigenvalue weighted by Gasteiger charge is -2.49. The highest BCUT2D eigenvalue weighted by Gasteiger charge is 2.43. The molecule has 14 fully saturated rings. The van der Waals surface area contributed by atoms with Gasteiger partial charge < -0.3 is 0 Å². The molecule has 16 aliphatic carbocycles. The van der Waals surface area contributed by atoms with Crippen molar-refractivity contribution in [2.75, 3.05) is 0 Å². The second-order valence-corrected chi connectivity index (χ2v) is 30.7. The fourth-order valence-corrected chi connectivity index (χ4v) is 19.7. The Morgan fingerprint density at radius 1 is 0.111 bits per heavy atom. The first-order chi connectivity index (χ1) is 35.3. The molecule has 412 valence electrons. The van der Waals surface area contributed by atoms with E-state index in [1.807, 2.05) is 0 Å². The Kier molecular flexibility index (Phi) is 21.4. The van der Waals surface area contributed by atoms with E-state index in [4.69, 9.17) is 0 Å². The van der Waals surface area contributed by atoms with Gasteiger partial charge in [0.05, 0.1) is 0 Å². The monoisotopic (exact) mass is 989 g/mol. The van der Waals surface area contributed by atoms with Crippen molar-refractivity contribution in [2.45, 2.75) is 385 Å². The van der Waals surface area contributed by atoms with Crippen molar-refractivity contribution < 1.29 is 0 Å². The van der Waals surface area contributed by atoms with Gasteiger partial charge in [-0.25, -0.2) is 0 Å². The maximum atomic E-state index is 2.38. The summed E-state index contributed by atoms with van der Waals surface area (Å²) in [6.45, 7) is 0. The third-order valence-electron chi connectivity index (χ3n) is 25.8. The van der Waals surface area contributed by atoms with Gasteiger partial charge in [0.1, 0.15) is 0 Å². The predicted molar refractivity (Wildman–Crippen MR) is 315 cm³/mol. The average molecular weight is 990 g/mol. The summed E-state index contributed by atoms with van der Waals surface area (Å²) in [6.07, 6.45) is 101. The molecular weight excluding hydrogens is 865 g/mol. The molecule has 0 heteroatoms. The lowest BCUT2D eigenvalue weighted by Crippen LogP contribution is -2.35. The molecule has 72 heavy (non-hydrogen) atoms. The van der Waals surface area contributed by atoms with Gasteiger partial charge in [0.15, 0.2) is 0 Å². The van der Waals surface area contributed by atoms with Crippen LogP contribution in [0.3, 0.4) is 0 Å². The Balaban J connectivity index is 0.000000102. The summed E-state index contributed by atoms with van der Waals surface area (Å²) >= 11 is 0. The molecule has 0 radical (unpaired) electrons. The average Bonchev–Trinajstić information content (AvgIpc) is 4.24. The van der Waals surface area contributed by atoms with Crippen molar-refractivity contribution in [3.05, 3.63) is 24.3 Å². The number of rotatable bonds is 0. The predicted octanol–water partition coefficient (Wildman–Crippen LogP) is 24.5. The van der Waals surface area contributed by atoms with Crippen LogP contribution < -0.4 is 0 Å². The minimum atomic E-state index is 0.762. The van der Waals surface area contributed by atoms with Crippen molar-refractivity contribution in [3.63, 3.8) is 0 Å². The normalized spacial score (nSPS) is 31.6. The second-order valence-electron chi connectivity index (χ2n) is 30.7. The first-order valence-electron chi connectivity index (χ1n) is 34.6. The first-order valence-corrected chi connectivity index (χ1v) is 34.6. The van der Waals surface area contributed by atoms with E-state index in [1.165, 1.54) is 231 Å². The lowest BCUT2D eigenvalue weighted by atomic mass is 9.56. The van der Waals surface area contributed by atoms with Crippen LogP contribution in [0.5, 0.6) is 0 Å². The molecule has 0 heterocycles. The summed E-state index contributed by atoms with van der Waals surface area (Å²) in [5.74, 6) is 0. The Morgan fingerprint density at radius 3 is 0.347 bits per heavy atom. The highest BCUT2D eigenvalue weighted by Crippen LogP contribution is 2.57. The lowest BCUT2D eigenvalue weighted by molar-refractivity contribution is 0.0314. The Morgan fingerprint density at radius 2 is 0.222 bits per heavy atom. The summed E-state index contributed by atoms with van der Waals surface area (Å²) in [5, 5.41) is 0. The van der Waals surface area contributed by atoms with Crippen molar-refractivity contribution in [1.29, 1.82) is 0 Å². The van der Waals surface area contributed by atoms with Crippen molar-refractivity contribution in [3.8, 4) is 0 Å². The highest BCUT2D eigenvalue weighted by molar-refractivity contribution is 5.06. The Bertz CT molecular complexity index is 1430. The van der Waals surface area contributed by atoms with E-state index < -0.39 is 0 Å². The minimum Gasteiger partial charge on any atom is -0.0880 e. The van der Waals surface area contributed by atoms with E-state index in [0.717, 1.165) is 43.3 Å². The molecule has 0 unspecified atom stereocenters. The van der Waals surface area contributed by atoms with Gasteiger partial charge in [-0.2, -0.15) is 0 Å². The number of allylic oxidation sites excluding steroid dienone is 4. The molecule has 0 nitrogen and oxygen atoms in total. The standard InChI is InChI=1S/C11H20.C10H18.C10H16.2C9H16.C8H14.C8H12.C7H12/c1-3-7-11(8-4-1)9-5-2-6-10-11;2*1-2-6-10(7-3-1)8-4-5-9-10;1-2-6-9(5-1)7-3-4-8-9;1-2-5-9(6-3-1)7-4-8-9;2*1-2-5-8(4-1)6-3-7-8;1-3-7(4-1)5-2-6-7/h1-10H2;1-9H2;4-5H,1-3,6-9H2;2*1-8H2;1-7H2;1-2H,3-7H2;1-6H2. The van der Waals surface area contributed by atoms with Crippen LogP contribution in [0.4, 0.5) is 0 Å². The molecule has 0 amide bonds. The largest absolute Gasteiger partial charge is 0.0880 e. The van der Waals surface area contributed by atoms with E-state index in [-0.39, 0.29) is 0 Å². The second kappa shape index (κ2) is 27.4. The molecule has 0 aromatic carbocycles. The van der Waals surface area contributed by atoms with Gasteiger partial charge in [-0.3, -0.25) is 0 Å². The molecule has 0 aromatic heterocycles. The molecule has 0 aromatic rings. The molecule has 0 atom stereocenters. The number of hydrogen-bond acceptors (Lipinski definition) is 0. The molecule has 16 rings (SSSR count). The number of hydrogen-bond donors (Lipinski definition) is 0. The third kappa shape index (κ3) is 15.8. The van der Waals surface area contributed by atoms with Crippen LogP contribution in [0.25, 0.3) is 0 Å². The molecular formula is C72H124. The van der Waals surface area contributed by atoms with Gasteiger partial charge in [-0.15, -0.1) is 0 Å². The molecule has 14 saturated carbocycles. The van der Waals surface area contributed by atoms with Gasteiger partial charge in [0, 0.05) is 0 Å². The Labute approximate surface area is 450 Å². The molecule has 16 aliphatic rings. The quantitative estimate of drug-likeness (QED) is 0.212. The van der Waals surface area contributed by atoms with E-state index in [9.17, 15) is 0 Å². The van der Waals surface area contributed by atoms with Crippen LogP contribution in [0.15, 0.2) is 24.3 Å². The summed E-state index contributed by atoms with van der Waals surface area (Å²) < 4.78 is 0. The maximum absolute atomic E-state index is 2.38. The van der Waals surface area contributed by atoms with Gasteiger partial charge in [-0.05, 0) is 249 Å². The van der Waals surface area contributed by atoms with Gasteiger partial charge in [-0.1, -0.05) is 204 Å². The summed E-state index contributed by atoms with van der Waals surface area (Å²) in [7, 11) is 0. The molecule has 0 N–H and O–H groups in total. The van der Waals surface area contributed by atoms with Crippen LogP contribution in [-0.4, -0.2) is 0 Å². The van der Waals surface area contributed by atoms with E-state index in [0.29, 0.717) is 0 Å². The smallest absolute Gasteiger partial charge is 0.0228 e. The SMILES string of the molecule is C1=CCC2(C1)CCC2.C1=CCC2(C1)CCCCC2.C1CC2(C1)CCC2.C1CCC2(C1)CCC2.C1CCC2(C1)CCCC2.C1CCC2(CC1)CCC2.C1CCC2(CC1)CCCC2.C1CCC2(CC1)CCCCC2.